The minimum Gasteiger partial charge on any atom is -0.366 e. The van der Waals surface area contributed by atoms with Crippen molar-refractivity contribution in [3.63, 3.8) is 0 Å². The van der Waals surface area contributed by atoms with Gasteiger partial charge in [0.1, 0.15) is 0 Å². The highest BCUT2D eigenvalue weighted by Gasteiger charge is 2.29. The third kappa shape index (κ3) is 3.00. The predicted molar refractivity (Wildman–Crippen MR) is 75.8 cm³/mol. The molecule has 0 aromatic heterocycles. The summed E-state index contributed by atoms with van der Waals surface area (Å²) in [6.07, 6.45) is 1.81. The minimum absolute atomic E-state index is 0.184. The quantitative estimate of drug-likeness (QED) is 0.828. The Bertz CT molecular complexity index is 583. The second-order valence-corrected chi connectivity index (χ2v) is 6.82. The number of amides is 1. The van der Waals surface area contributed by atoms with Crippen LogP contribution in [0.3, 0.4) is 0 Å². The van der Waals surface area contributed by atoms with Gasteiger partial charge in [-0.1, -0.05) is 0 Å². The fourth-order valence-corrected chi connectivity index (χ4v) is 3.86. The van der Waals surface area contributed by atoms with Gasteiger partial charge in [-0.3, -0.25) is 4.79 Å². The summed E-state index contributed by atoms with van der Waals surface area (Å²) in [5.41, 5.74) is 5.45. The van der Waals surface area contributed by atoms with Crippen LogP contribution in [0.1, 0.15) is 23.2 Å². The molecule has 20 heavy (non-hydrogen) atoms. The van der Waals surface area contributed by atoms with E-state index in [0.29, 0.717) is 18.7 Å². The molecule has 1 aromatic rings. The first kappa shape index (κ1) is 15.0. The molecule has 1 saturated heterocycles. The van der Waals surface area contributed by atoms with Gasteiger partial charge in [0.05, 0.1) is 4.90 Å². The van der Waals surface area contributed by atoms with Crippen LogP contribution in [0.15, 0.2) is 29.2 Å². The third-order valence-electron chi connectivity index (χ3n) is 3.57. The molecule has 0 spiro atoms. The molecule has 1 aliphatic heterocycles. The molecule has 1 amide bonds. The predicted octanol–water partition coefficient (Wildman–Crippen LogP) is 0.158. The molecule has 0 radical (unpaired) electrons. The van der Waals surface area contributed by atoms with Gasteiger partial charge in [0.2, 0.25) is 15.9 Å². The summed E-state index contributed by atoms with van der Waals surface area (Å²) in [4.78, 5) is 11.2. The van der Waals surface area contributed by atoms with Crippen LogP contribution in [-0.4, -0.2) is 44.8 Å². The Morgan fingerprint density at radius 3 is 2.55 bits per heavy atom. The molecule has 1 unspecified atom stereocenters. The van der Waals surface area contributed by atoms with E-state index in [-0.39, 0.29) is 10.9 Å². The highest BCUT2D eigenvalue weighted by molar-refractivity contribution is 7.89. The Balaban J connectivity index is 2.23. The number of carbonyl (C=O) groups excluding carboxylic acids is 1. The van der Waals surface area contributed by atoms with Crippen LogP contribution in [0.4, 0.5) is 0 Å². The fraction of sp³-hybridized carbons (Fsp3) is 0.462. The molecule has 110 valence electrons. The van der Waals surface area contributed by atoms with Crippen molar-refractivity contribution in [1.29, 1.82) is 0 Å². The number of rotatable bonds is 4. The van der Waals surface area contributed by atoms with E-state index in [1.54, 1.807) is 0 Å². The van der Waals surface area contributed by atoms with E-state index in [9.17, 15) is 13.2 Å². The molecule has 7 heteroatoms. The summed E-state index contributed by atoms with van der Waals surface area (Å²) < 4.78 is 26.5. The first-order valence-corrected chi connectivity index (χ1v) is 7.96. The normalized spacial score (nSPS) is 20.8. The van der Waals surface area contributed by atoms with Crippen molar-refractivity contribution in [2.45, 2.75) is 23.8 Å². The molecule has 1 heterocycles. The van der Waals surface area contributed by atoms with Crippen LogP contribution >= 0.6 is 0 Å². The molecular weight excluding hydrogens is 278 g/mol. The van der Waals surface area contributed by atoms with Crippen molar-refractivity contribution in [1.82, 2.24) is 9.62 Å². The molecule has 0 saturated carbocycles. The summed E-state index contributed by atoms with van der Waals surface area (Å²) in [7, 11) is -1.67. The van der Waals surface area contributed by atoms with Gasteiger partial charge >= 0.3 is 0 Å². The number of nitrogens with one attached hydrogen (secondary N) is 1. The number of likely N-dealkylation sites (N-methyl/N-ethyl adjacent to an activating group) is 1. The van der Waals surface area contributed by atoms with E-state index in [1.165, 1.54) is 28.6 Å². The maximum absolute atomic E-state index is 12.5. The van der Waals surface area contributed by atoms with Crippen LogP contribution in [0, 0.1) is 0 Å². The van der Waals surface area contributed by atoms with Gasteiger partial charge in [0, 0.05) is 24.7 Å². The monoisotopic (exact) mass is 297 g/mol. The van der Waals surface area contributed by atoms with Gasteiger partial charge in [0.15, 0.2) is 0 Å². The highest BCUT2D eigenvalue weighted by Crippen LogP contribution is 2.21. The highest BCUT2D eigenvalue weighted by atomic mass is 32.2. The number of hydrogen-bond donors (Lipinski definition) is 2. The smallest absolute Gasteiger partial charge is 0.248 e. The van der Waals surface area contributed by atoms with Gasteiger partial charge in [-0.15, -0.1) is 0 Å². The SMILES string of the molecule is CNC1CCCN(S(=O)(=O)c2ccc(C(N)=O)cc2)C1. The largest absolute Gasteiger partial charge is 0.366 e. The van der Waals surface area contributed by atoms with Gasteiger partial charge < -0.3 is 11.1 Å². The van der Waals surface area contributed by atoms with Gasteiger partial charge in [-0.05, 0) is 44.2 Å². The lowest BCUT2D eigenvalue weighted by Crippen LogP contribution is -2.46. The standard InChI is InChI=1S/C13H19N3O3S/c1-15-11-3-2-8-16(9-11)20(18,19)12-6-4-10(5-7-12)13(14)17/h4-7,11,15H,2-3,8-9H2,1H3,(H2,14,17). The summed E-state index contributed by atoms with van der Waals surface area (Å²) in [5, 5.41) is 3.11. The molecule has 1 fully saturated rings. The van der Waals surface area contributed by atoms with Crippen molar-refractivity contribution in [3.8, 4) is 0 Å². The number of nitrogens with two attached hydrogens (primary N) is 1. The zero-order valence-corrected chi connectivity index (χ0v) is 12.2. The summed E-state index contributed by atoms with van der Waals surface area (Å²) >= 11 is 0. The first-order valence-electron chi connectivity index (χ1n) is 6.52. The molecule has 1 aromatic carbocycles. The number of sulfonamides is 1. The topological polar surface area (TPSA) is 92.5 Å². The van der Waals surface area contributed by atoms with E-state index in [0.717, 1.165) is 12.8 Å². The second kappa shape index (κ2) is 5.90. The van der Waals surface area contributed by atoms with Crippen molar-refractivity contribution in [3.05, 3.63) is 29.8 Å². The minimum atomic E-state index is -3.51. The van der Waals surface area contributed by atoms with Crippen LogP contribution < -0.4 is 11.1 Å². The molecule has 6 nitrogen and oxygen atoms in total. The average molecular weight is 297 g/mol. The zero-order valence-electron chi connectivity index (χ0n) is 11.4. The summed E-state index contributed by atoms with van der Waals surface area (Å²) in [5.74, 6) is -0.567. The summed E-state index contributed by atoms with van der Waals surface area (Å²) in [6.45, 7) is 0.995. The van der Waals surface area contributed by atoms with Crippen molar-refractivity contribution in [2.24, 2.45) is 5.73 Å². The van der Waals surface area contributed by atoms with E-state index in [4.69, 9.17) is 5.73 Å². The lowest BCUT2D eigenvalue weighted by atomic mass is 10.1. The number of nitrogens with zero attached hydrogens (tertiary/aromatic N) is 1. The Hall–Kier alpha value is -1.44. The maximum Gasteiger partial charge on any atom is 0.248 e. The average Bonchev–Trinajstić information content (AvgIpc) is 2.47. The van der Waals surface area contributed by atoms with Crippen molar-refractivity contribution < 1.29 is 13.2 Å². The van der Waals surface area contributed by atoms with Gasteiger partial charge in [0.25, 0.3) is 0 Å². The Morgan fingerprint density at radius 2 is 2.00 bits per heavy atom. The Kier molecular flexibility index (Phi) is 4.42. The molecule has 0 aliphatic carbocycles. The number of benzene rings is 1. The van der Waals surface area contributed by atoms with E-state index in [1.807, 2.05) is 7.05 Å². The van der Waals surface area contributed by atoms with Crippen LogP contribution in [-0.2, 0) is 10.0 Å². The molecule has 1 aliphatic rings. The second-order valence-electron chi connectivity index (χ2n) is 4.88. The van der Waals surface area contributed by atoms with Gasteiger partial charge in [-0.2, -0.15) is 4.31 Å². The first-order chi connectivity index (χ1) is 9.45. The molecule has 2 rings (SSSR count). The number of carbonyl (C=O) groups is 1. The van der Waals surface area contributed by atoms with E-state index >= 15 is 0 Å². The Labute approximate surface area is 119 Å². The number of primary amides is 1. The maximum atomic E-state index is 12.5. The lowest BCUT2D eigenvalue weighted by Gasteiger charge is -2.31. The molecule has 0 bridgehead atoms. The van der Waals surface area contributed by atoms with Gasteiger partial charge in [-0.25, -0.2) is 8.42 Å². The van der Waals surface area contributed by atoms with Crippen molar-refractivity contribution in [2.75, 3.05) is 20.1 Å². The van der Waals surface area contributed by atoms with Crippen LogP contribution in [0.5, 0.6) is 0 Å². The molecule has 1 atom stereocenters. The number of piperidine rings is 1. The summed E-state index contributed by atoms with van der Waals surface area (Å²) in [6, 6.07) is 5.92. The van der Waals surface area contributed by atoms with Crippen molar-refractivity contribution >= 4 is 15.9 Å². The fourth-order valence-electron chi connectivity index (χ4n) is 2.34. The Morgan fingerprint density at radius 1 is 1.35 bits per heavy atom. The number of hydrogen-bond acceptors (Lipinski definition) is 4. The van der Waals surface area contributed by atoms with Crippen LogP contribution in [0.25, 0.3) is 0 Å². The third-order valence-corrected chi connectivity index (χ3v) is 5.45. The van der Waals surface area contributed by atoms with E-state index < -0.39 is 15.9 Å². The van der Waals surface area contributed by atoms with E-state index in [2.05, 4.69) is 5.32 Å². The zero-order chi connectivity index (χ0) is 14.8. The lowest BCUT2D eigenvalue weighted by molar-refractivity contribution is 0.1000. The van der Waals surface area contributed by atoms with Crippen LogP contribution in [0.2, 0.25) is 0 Å². The molecular formula is C13H19N3O3S. The molecule has 3 N–H and O–H groups in total.